The summed E-state index contributed by atoms with van der Waals surface area (Å²) in [5.41, 5.74) is 0.626. The monoisotopic (exact) mass is 355 g/mol. The van der Waals surface area contributed by atoms with E-state index in [-0.39, 0.29) is 23.4 Å². The first-order valence-corrected chi connectivity index (χ1v) is 9.61. The summed E-state index contributed by atoms with van der Waals surface area (Å²) in [7, 11) is -2.09. The quantitative estimate of drug-likeness (QED) is 0.639. The van der Waals surface area contributed by atoms with Crippen LogP contribution in [0.1, 0.15) is 31.7 Å². The van der Waals surface area contributed by atoms with Gasteiger partial charge in [-0.2, -0.15) is 0 Å². The van der Waals surface area contributed by atoms with E-state index in [1.54, 1.807) is 19.1 Å². The molecule has 1 heterocycles. The lowest BCUT2D eigenvalue weighted by atomic mass is 10.2. The fourth-order valence-corrected chi connectivity index (χ4v) is 3.74. The number of ether oxygens (including phenoxy) is 1. The second-order valence-electron chi connectivity index (χ2n) is 5.75. The van der Waals surface area contributed by atoms with Crippen LogP contribution in [-0.4, -0.2) is 40.6 Å². The van der Waals surface area contributed by atoms with Gasteiger partial charge in [-0.15, -0.1) is 0 Å². The van der Waals surface area contributed by atoms with Crippen molar-refractivity contribution < 1.29 is 17.9 Å². The van der Waals surface area contributed by atoms with Crippen molar-refractivity contribution in [2.24, 2.45) is 0 Å². The van der Waals surface area contributed by atoms with E-state index in [2.05, 4.69) is 15.4 Å². The molecule has 1 fully saturated rings. The topological polar surface area (TPSA) is 96.5 Å². The molecule has 2 rings (SSSR count). The molecule has 0 aromatic heterocycles. The molecule has 1 aromatic carbocycles. The first kappa shape index (κ1) is 18.7. The number of sulfonamides is 1. The smallest absolute Gasteiger partial charge is 0.240 e. The summed E-state index contributed by atoms with van der Waals surface area (Å²) in [4.78, 5) is 11.6. The number of nitrogens with one attached hydrogen (secondary N) is 3. The van der Waals surface area contributed by atoms with E-state index in [4.69, 9.17) is 4.74 Å². The Morgan fingerprint density at radius 3 is 2.83 bits per heavy atom. The number of benzene rings is 1. The van der Waals surface area contributed by atoms with E-state index in [1.165, 1.54) is 13.2 Å². The summed E-state index contributed by atoms with van der Waals surface area (Å²) in [5.74, 6) is 0.443. The Morgan fingerprint density at radius 1 is 1.42 bits per heavy atom. The molecule has 1 aliphatic heterocycles. The summed E-state index contributed by atoms with van der Waals surface area (Å²) in [6.45, 7) is 3.28. The van der Waals surface area contributed by atoms with Gasteiger partial charge in [-0.25, -0.2) is 13.1 Å². The van der Waals surface area contributed by atoms with E-state index >= 15 is 0 Å². The molecule has 1 saturated heterocycles. The molecule has 7 nitrogen and oxygen atoms in total. The third kappa shape index (κ3) is 4.93. The molecule has 8 heteroatoms. The van der Waals surface area contributed by atoms with Crippen LogP contribution < -0.4 is 20.1 Å². The maximum absolute atomic E-state index is 12.5. The van der Waals surface area contributed by atoms with Gasteiger partial charge in [0.2, 0.25) is 15.9 Å². The van der Waals surface area contributed by atoms with E-state index in [0.29, 0.717) is 24.3 Å². The summed E-state index contributed by atoms with van der Waals surface area (Å²) in [6.07, 6.45) is 2.41. The van der Waals surface area contributed by atoms with Gasteiger partial charge in [0.05, 0.1) is 12.0 Å². The van der Waals surface area contributed by atoms with Crippen LogP contribution in [0.5, 0.6) is 5.75 Å². The Kier molecular flexibility index (Phi) is 6.59. The largest absolute Gasteiger partial charge is 0.496 e. The van der Waals surface area contributed by atoms with Crippen LogP contribution >= 0.6 is 0 Å². The fourth-order valence-electron chi connectivity index (χ4n) is 2.60. The first-order chi connectivity index (χ1) is 11.5. The van der Waals surface area contributed by atoms with E-state index in [1.807, 2.05) is 0 Å². The van der Waals surface area contributed by atoms with Crippen LogP contribution in [0.3, 0.4) is 0 Å². The molecule has 24 heavy (non-hydrogen) atoms. The molecule has 0 saturated carbocycles. The standard InChI is InChI=1S/C16H25N3O4S/c1-3-16(20)18-10-12-9-14(6-7-15(12)23-2)24(21,22)19-11-13-5-4-8-17-13/h6-7,9,13,17,19H,3-5,8,10-11H2,1-2H3,(H,18,20). The van der Waals surface area contributed by atoms with Crippen molar-refractivity contribution in [1.29, 1.82) is 0 Å². The predicted octanol–water partition coefficient (Wildman–Crippen LogP) is 0.752. The van der Waals surface area contributed by atoms with Crippen LogP contribution in [0.4, 0.5) is 0 Å². The summed E-state index contributed by atoms with van der Waals surface area (Å²) < 4.78 is 32.8. The minimum absolute atomic E-state index is 0.101. The molecule has 0 spiro atoms. The lowest BCUT2D eigenvalue weighted by Gasteiger charge is -2.14. The normalized spacial score (nSPS) is 17.7. The van der Waals surface area contributed by atoms with Crippen molar-refractivity contribution in [3.05, 3.63) is 23.8 Å². The Morgan fingerprint density at radius 2 is 2.21 bits per heavy atom. The molecule has 0 bridgehead atoms. The van der Waals surface area contributed by atoms with Crippen LogP contribution in [0, 0.1) is 0 Å². The van der Waals surface area contributed by atoms with Crippen molar-refractivity contribution in [3.63, 3.8) is 0 Å². The molecular formula is C16H25N3O4S. The average molecular weight is 355 g/mol. The lowest BCUT2D eigenvalue weighted by Crippen LogP contribution is -2.37. The van der Waals surface area contributed by atoms with E-state index in [0.717, 1.165) is 19.4 Å². The third-order valence-corrected chi connectivity index (χ3v) is 5.46. The highest BCUT2D eigenvalue weighted by molar-refractivity contribution is 7.89. The van der Waals surface area contributed by atoms with Crippen LogP contribution in [0.2, 0.25) is 0 Å². The molecule has 1 aromatic rings. The Hall–Kier alpha value is -1.64. The molecule has 3 N–H and O–H groups in total. The molecule has 1 atom stereocenters. The Bertz CT molecular complexity index is 670. The highest BCUT2D eigenvalue weighted by Gasteiger charge is 2.20. The number of rotatable bonds is 8. The third-order valence-electron chi connectivity index (χ3n) is 4.04. The zero-order valence-electron chi connectivity index (χ0n) is 14.1. The van der Waals surface area contributed by atoms with Gasteiger partial charge in [0.15, 0.2) is 0 Å². The lowest BCUT2D eigenvalue weighted by molar-refractivity contribution is -0.120. The number of carbonyl (C=O) groups excluding carboxylic acids is 1. The van der Waals surface area contributed by atoms with Gasteiger partial charge in [-0.1, -0.05) is 6.92 Å². The summed E-state index contributed by atoms with van der Waals surface area (Å²) in [6, 6.07) is 4.84. The second kappa shape index (κ2) is 8.46. The minimum Gasteiger partial charge on any atom is -0.496 e. The minimum atomic E-state index is -3.60. The van der Waals surface area contributed by atoms with Crippen molar-refractivity contribution >= 4 is 15.9 Å². The van der Waals surface area contributed by atoms with Crippen molar-refractivity contribution in [2.45, 2.75) is 43.7 Å². The van der Waals surface area contributed by atoms with Gasteiger partial charge in [0, 0.05) is 31.1 Å². The van der Waals surface area contributed by atoms with Crippen molar-refractivity contribution in [3.8, 4) is 5.75 Å². The van der Waals surface area contributed by atoms with E-state index in [9.17, 15) is 13.2 Å². The summed E-state index contributed by atoms with van der Waals surface area (Å²) >= 11 is 0. The van der Waals surface area contributed by atoms with Gasteiger partial charge in [0.1, 0.15) is 5.75 Å². The highest BCUT2D eigenvalue weighted by Crippen LogP contribution is 2.22. The first-order valence-electron chi connectivity index (χ1n) is 8.13. The maximum atomic E-state index is 12.5. The number of amides is 1. The van der Waals surface area contributed by atoms with Crippen molar-refractivity contribution in [1.82, 2.24) is 15.4 Å². The van der Waals surface area contributed by atoms with Gasteiger partial charge >= 0.3 is 0 Å². The number of methoxy groups -OCH3 is 1. The SMILES string of the molecule is CCC(=O)NCc1cc(S(=O)(=O)NCC2CCCN2)ccc1OC. The van der Waals surface area contributed by atoms with E-state index < -0.39 is 10.0 Å². The Labute approximate surface area is 143 Å². The zero-order valence-corrected chi connectivity index (χ0v) is 14.9. The maximum Gasteiger partial charge on any atom is 0.240 e. The average Bonchev–Trinajstić information content (AvgIpc) is 3.11. The molecule has 1 aliphatic rings. The predicted molar refractivity (Wildman–Crippen MR) is 91.3 cm³/mol. The molecule has 1 unspecified atom stereocenters. The van der Waals surface area contributed by atoms with Gasteiger partial charge in [-0.3, -0.25) is 4.79 Å². The molecule has 134 valence electrons. The van der Waals surface area contributed by atoms with Crippen LogP contribution in [0.15, 0.2) is 23.1 Å². The fraction of sp³-hybridized carbons (Fsp3) is 0.562. The molecular weight excluding hydrogens is 330 g/mol. The molecule has 1 amide bonds. The summed E-state index contributed by atoms with van der Waals surface area (Å²) in [5, 5.41) is 5.99. The van der Waals surface area contributed by atoms with Gasteiger partial charge in [0.25, 0.3) is 0 Å². The Balaban J connectivity index is 2.11. The number of hydrogen-bond acceptors (Lipinski definition) is 5. The number of hydrogen-bond donors (Lipinski definition) is 3. The van der Waals surface area contributed by atoms with Crippen molar-refractivity contribution in [2.75, 3.05) is 20.2 Å². The second-order valence-corrected chi connectivity index (χ2v) is 7.52. The number of carbonyl (C=O) groups is 1. The van der Waals surface area contributed by atoms with Crippen LogP contribution in [-0.2, 0) is 21.4 Å². The zero-order chi connectivity index (χ0) is 17.6. The highest BCUT2D eigenvalue weighted by atomic mass is 32.2. The molecule has 0 radical (unpaired) electrons. The van der Waals surface area contributed by atoms with Gasteiger partial charge < -0.3 is 15.4 Å². The molecule has 0 aliphatic carbocycles. The van der Waals surface area contributed by atoms with Crippen LogP contribution in [0.25, 0.3) is 0 Å². The van der Waals surface area contributed by atoms with Gasteiger partial charge in [-0.05, 0) is 37.6 Å².